The van der Waals surface area contributed by atoms with Crippen LogP contribution in [0.25, 0.3) is 10.9 Å². The van der Waals surface area contributed by atoms with Crippen molar-refractivity contribution in [1.82, 2.24) is 42.2 Å². The average Bonchev–Trinajstić information content (AvgIpc) is 3.67. The summed E-state index contributed by atoms with van der Waals surface area (Å²) in [7, 11) is 0. The number of aromatic hydroxyl groups is 1. The van der Waals surface area contributed by atoms with Gasteiger partial charge in [-0.1, -0.05) is 85.7 Å². The summed E-state index contributed by atoms with van der Waals surface area (Å²) in [5.74, 6) is -9.93. The molecule has 0 radical (unpaired) electrons. The Bertz CT molecular complexity index is 2290. The van der Waals surface area contributed by atoms with E-state index >= 15 is 0 Å². The van der Waals surface area contributed by atoms with Crippen LogP contribution < -0.4 is 43.0 Å². The van der Waals surface area contributed by atoms with Gasteiger partial charge in [-0.05, 0) is 66.3 Å². The topological polar surface area (TPSA) is 340 Å². The van der Waals surface area contributed by atoms with E-state index in [2.05, 4.69) is 42.2 Å². The van der Waals surface area contributed by atoms with Crippen molar-refractivity contribution in [3.63, 3.8) is 0 Å². The Morgan fingerprint density at radius 3 is 1.55 bits per heavy atom. The number of H-pyrrole nitrogens is 1. The van der Waals surface area contributed by atoms with Gasteiger partial charge in [0.15, 0.2) is 0 Å². The Morgan fingerprint density at radius 1 is 0.551 bits per heavy atom. The van der Waals surface area contributed by atoms with Crippen LogP contribution in [0, 0.1) is 23.7 Å². The molecule has 21 nitrogen and oxygen atoms in total. The molecule has 8 atom stereocenters. The summed E-state index contributed by atoms with van der Waals surface area (Å²) in [5.41, 5.74) is 7.70. The summed E-state index contributed by atoms with van der Waals surface area (Å²) in [4.78, 5) is 122. The molecule has 13 N–H and O–H groups in total. The average molecular weight is 964 g/mol. The number of hydrogen-bond acceptors (Lipinski definition) is 11. The molecule has 3 rings (SSSR count). The minimum Gasteiger partial charge on any atom is -0.508 e. The van der Waals surface area contributed by atoms with Crippen LogP contribution in [0.2, 0.25) is 0 Å². The molecule has 1 aromatic heterocycles. The Balaban J connectivity index is 1.75. The molecule has 378 valence electrons. The summed E-state index contributed by atoms with van der Waals surface area (Å²) in [6.07, 6.45) is 0.897. The number of fused-ring (bicyclic) bond motifs is 1. The molecule has 0 spiro atoms. The molecular formula is C48H69N9O12. The van der Waals surface area contributed by atoms with Crippen LogP contribution in [-0.4, -0.2) is 122 Å². The first-order valence-electron chi connectivity index (χ1n) is 22.9. The molecule has 69 heavy (non-hydrogen) atoms. The smallest absolute Gasteiger partial charge is 0.326 e. The van der Waals surface area contributed by atoms with E-state index in [0.29, 0.717) is 11.1 Å². The highest BCUT2D eigenvalue weighted by Crippen LogP contribution is 2.20. The zero-order chi connectivity index (χ0) is 51.9. The monoisotopic (exact) mass is 964 g/mol. The fourth-order valence-corrected chi connectivity index (χ4v) is 7.34. The number of rotatable bonds is 26. The van der Waals surface area contributed by atoms with Crippen molar-refractivity contribution in [2.75, 3.05) is 0 Å². The van der Waals surface area contributed by atoms with Crippen molar-refractivity contribution >= 4 is 64.2 Å². The Labute approximate surface area is 401 Å². The van der Waals surface area contributed by atoms with E-state index in [-0.39, 0.29) is 30.9 Å². The summed E-state index contributed by atoms with van der Waals surface area (Å²) in [5, 5.41) is 48.0. The Hall–Kier alpha value is -7.03. The van der Waals surface area contributed by atoms with Gasteiger partial charge in [-0.25, -0.2) is 4.79 Å². The zero-order valence-corrected chi connectivity index (χ0v) is 40.5. The second kappa shape index (κ2) is 25.9. The second-order valence-corrected chi connectivity index (χ2v) is 18.7. The zero-order valence-electron chi connectivity index (χ0n) is 40.5. The fraction of sp³-hybridized carbons (Fsp3) is 0.521. The number of phenolic OH excluding ortho intramolecular Hbond substituents is 1. The first-order valence-corrected chi connectivity index (χ1v) is 22.9. The predicted octanol–water partition coefficient (Wildman–Crippen LogP) is 0.973. The highest BCUT2D eigenvalue weighted by Gasteiger charge is 2.36. The molecule has 21 heteroatoms. The number of amides is 7. The number of nitrogens with two attached hydrogens (primary N) is 1. The van der Waals surface area contributed by atoms with Gasteiger partial charge in [0.25, 0.3) is 0 Å². The summed E-state index contributed by atoms with van der Waals surface area (Å²) in [6.45, 7) is 14.9. The summed E-state index contributed by atoms with van der Waals surface area (Å²) >= 11 is 0. The van der Waals surface area contributed by atoms with E-state index in [4.69, 9.17) is 10.8 Å². The molecule has 0 aliphatic rings. The third kappa shape index (κ3) is 17.2. The minimum atomic E-state index is -1.46. The lowest BCUT2D eigenvalue weighted by Crippen LogP contribution is -2.61. The number of aliphatic carboxylic acids is 2. The molecule has 0 saturated heterocycles. The van der Waals surface area contributed by atoms with Gasteiger partial charge in [-0.3, -0.25) is 38.4 Å². The Morgan fingerprint density at radius 2 is 1.03 bits per heavy atom. The standard InChI is InChI=1S/C48H69N9O12/c1-23(2)18-34(52-44(64)35(19-28-14-16-30(58)17-15-28)53-45(65)38(24(3)4)56-42(62)32(49)21-37(59)60)43(63)51-27(9)41(61)55-40(26(7)8)47(67)57-39(25(5)6)46(66)54-36(48(68)69)20-29-22-50-33-13-11-10-12-31(29)33/h10-17,22-27,32,34-36,38-40,50,58H,18-21,49H2,1-9H3,(H,51,63)(H,52,64)(H,53,65)(H,54,66)(H,55,61)(H,56,62)(H,57,67)(H,59,60)(H,68,69)/t27-,32-,34-,35-,36-,38-,39-,40-/m0/s1. The molecule has 0 bridgehead atoms. The number of phenols is 1. The summed E-state index contributed by atoms with van der Waals surface area (Å²) in [6, 6.07) is 2.81. The third-order valence-corrected chi connectivity index (χ3v) is 11.3. The largest absolute Gasteiger partial charge is 0.508 e. The van der Waals surface area contributed by atoms with E-state index in [9.17, 15) is 53.4 Å². The molecule has 3 aromatic rings. The van der Waals surface area contributed by atoms with E-state index in [1.54, 1.807) is 61.6 Å². The van der Waals surface area contributed by atoms with Crippen molar-refractivity contribution in [3.05, 3.63) is 65.9 Å². The lowest BCUT2D eigenvalue weighted by Gasteiger charge is -2.29. The van der Waals surface area contributed by atoms with Crippen LogP contribution in [0.4, 0.5) is 0 Å². The fourth-order valence-electron chi connectivity index (χ4n) is 7.34. The lowest BCUT2D eigenvalue weighted by atomic mass is 9.98. The normalized spacial score (nSPS) is 14.9. The first kappa shape index (κ1) is 56.3. The molecule has 0 saturated carbocycles. The number of aromatic nitrogens is 1. The van der Waals surface area contributed by atoms with Crippen molar-refractivity contribution in [3.8, 4) is 5.75 Å². The molecule has 0 aliphatic heterocycles. The molecule has 0 unspecified atom stereocenters. The van der Waals surface area contributed by atoms with Crippen LogP contribution in [0.15, 0.2) is 54.7 Å². The minimum absolute atomic E-state index is 0.0365. The number of hydrogen-bond donors (Lipinski definition) is 12. The van der Waals surface area contributed by atoms with E-state index in [0.717, 1.165) is 10.9 Å². The number of nitrogens with one attached hydrogen (secondary N) is 8. The maximum absolute atomic E-state index is 14.1. The number of carbonyl (C=O) groups is 9. The molecular weight excluding hydrogens is 895 g/mol. The van der Waals surface area contributed by atoms with Gasteiger partial charge in [-0.2, -0.15) is 0 Å². The first-order chi connectivity index (χ1) is 32.3. The van der Waals surface area contributed by atoms with E-state index in [1.165, 1.54) is 31.2 Å². The molecule has 0 aliphatic carbocycles. The van der Waals surface area contributed by atoms with Crippen LogP contribution >= 0.6 is 0 Å². The number of benzene rings is 2. The van der Waals surface area contributed by atoms with Crippen molar-refractivity contribution in [2.45, 2.75) is 136 Å². The van der Waals surface area contributed by atoms with Crippen LogP contribution in [-0.2, 0) is 56.0 Å². The van der Waals surface area contributed by atoms with Gasteiger partial charge < -0.3 is 63.3 Å². The highest BCUT2D eigenvalue weighted by molar-refractivity contribution is 5.98. The molecule has 7 amide bonds. The molecule has 2 aromatic carbocycles. The maximum Gasteiger partial charge on any atom is 0.326 e. The second-order valence-electron chi connectivity index (χ2n) is 18.7. The Kier molecular flexibility index (Phi) is 21.1. The molecule has 1 heterocycles. The van der Waals surface area contributed by atoms with Crippen LogP contribution in [0.5, 0.6) is 5.75 Å². The molecule has 0 fully saturated rings. The van der Waals surface area contributed by atoms with Gasteiger partial charge in [-0.15, -0.1) is 0 Å². The van der Waals surface area contributed by atoms with Crippen LogP contribution in [0.3, 0.4) is 0 Å². The van der Waals surface area contributed by atoms with Crippen LogP contribution in [0.1, 0.15) is 86.3 Å². The SMILES string of the molecule is CC(C)C[C@H](NC(=O)[C@H](Cc1ccc(O)cc1)NC(=O)[C@@H](NC(=O)[C@@H](N)CC(=O)O)C(C)C)C(=O)N[C@@H](C)C(=O)N[C@H](C(=O)N[C@H](C(=O)N[C@@H](Cc1c[nH]c2ccccc12)C(=O)O)C(C)C)C(C)C. The van der Waals surface area contributed by atoms with Gasteiger partial charge in [0.1, 0.15) is 48.0 Å². The van der Waals surface area contributed by atoms with E-state index in [1.807, 2.05) is 24.3 Å². The number of carbonyl (C=O) groups excluding carboxylic acids is 7. The predicted molar refractivity (Wildman–Crippen MR) is 255 cm³/mol. The van der Waals surface area contributed by atoms with Gasteiger partial charge in [0.2, 0.25) is 41.4 Å². The number of carboxylic acids is 2. The third-order valence-electron chi connectivity index (χ3n) is 11.3. The van der Waals surface area contributed by atoms with Gasteiger partial charge >= 0.3 is 11.9 Å². The summed E-state index contributed by atoms with van der Waals surface area (Å²) < 4.78 is 0. The van der Waals surface area contributed by atoms with Crippen molar-refractivity contribution in [1.29, 1.82) is 0 Å². The van der Waals surface area contributed by atoms with E-state index < -0.39 is 126 Å². The number of carboxylic acid groups (broad SMARTS) is 2. The highest BCUT2D eigenvalue weighted by atomic mass is 16.4. The lowest BCUT2D eigenvalue weighted by molar-refractivity contribution is -0.142. The number of para-hydroxylation sites is 1. The van der Waals surface area contributed by atoms with Gasteiger partial charge in [0.05, 0.1) is 12.5 Å². The van der Waals surface area contributed by atoms with Crippen molar-refractivity contribution < 1.29 is 58.5 Å². The van der Waals surface area contributed by atoms with Gasteiger partial charge in [0, 0.05) is 29.9 Å². The quantitative estimate of drug-likeness (QED) is 0.0535. The number of aromatic amines is 1. The maximum atomic E-state index is 14.1. The van der Waals surface area contributed by atoms with Crippen molar-refractivity contribution in [2.24, 2.45) is 29.4 Å².